The fourth-order valence-corrected chi connectivity index (χ4v) is 2.96. The maximum atomic E-state index is 12.5. The molecule has 0 atom stereocenters. The number of anilines is 1. The van der Waals surface area contributed by atoms with Crippen LogP contribution in [0.2, 0.25) is 0 Å². The molecule has 1 fully saturated rings. The summed E-state index contributed by atoms with van der Waals surface area (Å²) >= 11 is 0. The second kappa shape index (κ2) is 6.94. The molecule has 0 aromatic heterocycles. The first-order valence-electron chi connectivity index (χ1n) is 7.77. The molecule has 2 rings (SSSR count). The normalized spacial score (nSPS) is 16.9. The van der Waals surface area contributed by atoms with Gasteiger partial charge in [-0.15, -0.1) is 0 Å². The van der Waals surface area contributed by atoms with Gasteiger partial charge in [-0.3, -0.25) is 4.79 Å². The van der Waals surface area contributed by atoms with Gasteiger partial charge < -0.3 is 15.5 Å². The Labute approximate surface area is 127 Å². The third-order valence-corrected chi connectivity index (χ3v) is 4.54. The first kappa shape index (κ1) is 15.8. The molecule has 1 amide bonds. The Kier molecular flexibility index (Phi) is 5.23. The first-order valence-corrected chi connectivity index (χ1v) is 7.77. The lowest BCUT2D eigenvalue weighted by atomic mass is 9.93. The topological polar surface area (TPSA) is 49.6 Å². The first-order chi connectivity index (χ1) is 9.97. The highest BCUT2D eigenvalue weighted by atomic mass is 16.2. The van der Waals surface area contributed by atoms with Crippen molar-refractivity contribution in [3.63, 3.8) is 0 Å². The van der Waals surface area contributed by atoms with Crippen molar-refractivity contribution in [3.8, 4) is 0 Å². The molecule has 2 N–H and O–H groups in total. The number of amides is 1. The molecule has 1 aromatic rings. The minimum Gasteiger partial charge on any atom is -0.399 e. The average molecular weight is 289 g/mol. The zero-order chi connectivity index (χ0) is 15.4. The molecule has 1 aliphatic heterocycles. The molecular formula is C17H27N3O. The van der Waals surface area contributed by atoms with Crippen molar-refractivity contribution >= 4 is 11.6 Å². The van der Waals surface area contributed by atoms with E-state index in [4.69, 9.17) is 5.73 Å². The average Bonchev–Trinajstić information content (AvgIpc) is 2.45. The largest absolute Gasteiger partial charge is 0.399 e. The molecular weight excluding hydrogens is 262 g/mol. The minimum atomic E-state index is 0.0976. The SMILES string of the molecule is Cc1cc(N)ccc1C(=O)N(C)CCC1CCN(C)CC1. The van der Waals surface area contributed by atoms with Crippen LogP contribution < -0.4 is 5.73 Å². The van der Waals surface area contributed by atoms with Gasteiger partial charge in [0.25, 0.3) is 5.91 Å². The third kappa shape index (κ3) is 4.21. The molecule has 116 valence electrons. The van der Waals surface area contributed by atoms with Gasteiger partial charge in [0.2, 0.25) is 0 Å². The van der Waals surface area contributed by atoms with Crippen molar-refractivity contribution in [2.24, 2.45) is 5.92 Å². The number of benzene rings is 1. The van der Waals surface area contributed by atoms with Crippen LogP contribution in [0.25, 0.3) is 0 Å². The number of carbonyl (C=O) groups excluding carboxylic acids is 1. The maximum absolute atomic E-state index is 12.5. The number of carbonyl (C=O) groups is 1. The smallest absolute Gasteiger partial charge is 0.253 e. The highest BCUT2D eigenvalue weighted by Gasteiger charge is 2.19. The molecule has 0 bridgehead atoms. The number of likely N-dealkylation sites (tertiary alicyclic amines) is 1. The van der Waals surface area contributed by atoms with Gasteiger partial charge in [0, 0.05) is 24.8 Å². The number of nitrogens with two attached hydrogens (primary N) is 1. The fourth-order valence-electron chi connectivity index (χ4n) is 2.96. The van der Waals surface area contributed by atoms with E-state index in [0.29, 0.717) is 5.69 Å². The molecule has 0 saturated carbocycles. The summed E-state index contributed by atoms with van der Waals surface area (Å²) in [6.45, 7) is 5.13. The van der Waals surface area contributed by atoms with Gasteiger partial charge >= 0.3 is 0 Å². The molecule has 0 aliphatic carbocycles. The number of nitrogen functional groups attached to an aromatic ring is 1. The Balaban J connectivity index is 1.87. The summed E-state index contributed by atoms with van der Waals surface area (Å²) in [6.07, 6.45) is 3.60. The summed E-state index contributed by atoms with van der Waals surface area (Å²) in [4.78, 5) is 16.7. The second-order valence-electron chi connectivity index (χ2n) is 6.34. The molecule has 0 unspecified atom stereocenters. The molecule has 1 heterocycles. The van der Waals surface area contributed by atoms with Crippen LogP contribution in [0.4, 0.5) is 5.69 Å². The number of nitrogens with zero attached hydrogens (tertiary/aromatic N) is 2. The summed E-state index contributed by atoms with van der Waals surface area (Å²) in [5, 5.41) is 0. The highest BCUT2D eigenvalue weighted by Crippen LogP contribution is 2.20. The van der Waals surface area contributed by atoms with E-state index in [1.54, 1.807) is 6.07 Å². The number of hydrogen-bond donors (Lipinski definition) is 1. The van der Waals surface area contributed by atoms with E-state index in [9.17, 15) is 4.79 Å². The quantitative estimate of drug-likeness (QED) is 0.866. The lowest BCUT2D eigenvalue weighted by Crippen LogP contribution is -2.33. The van der Waals surface area contributed by atoms with Crippen LogP contribution in [0.5, 0.6) is 0 Å². The third-order valence-electron chi connectivity index (χ3n) is 4.54. The van der Waals surface area contributed by atoms with E-state index >= 15 is 0 Å². The van der Waals surface area contributed by atoms with E-state index in [1.807, 2.05) is 31.0 Å². The second-order valence-corrected chi connectivity index (χ2v) is 6.34. The molecule has 4 nitrogen and oxygen atoms in total. The van der Waals surface area contributed by atoms with E-state index in [1.165, 1.54) is 25.9 Å². The summed E-state index contributed by atoms with van der Waals surface area (Å²) < 4.78 is 0. The fraction of sp³-hybridized carbons (Fsp3) is 0.588. The summed E-state index contributed by atoms with van der Waals surface area (Å²) in [7, 11) is 4.07. The van der Waals surface area contributed by atoms with Crippen LogP contribution in [-0.4, -0.2) is 49.4 Å². The van der Waals surface area contributed by atoms with Crippen LogP contribution in [0.3, 0.4) is 0 Å². The molecule has 0 radical (unpaired) electrons. The van der Waals surface area contributed by atoms with Crippen molar-refractivity contribution in [1.29, 1.82) is 0 Å². The zero-order valence-corrected chi connectivity index (χ0v) is 13.4. The molecule has 0 spiro atoms. The minimum absolute atomic E-state index is 0.0976. The van der Waals surface area contributed by atoms with Gasteiger partial charge in [0.15, 0.2) is 0 Å². The predicted molar refractivity (Wildman–Crippen MR) is 87.4 cm³/mol. The number of hydrogen-bond acceptors (Lipinski definition) is 3. The number of rotatable bonds is 4. The van der Waals surface area contributed by atoms with Crippen LogP contribution in [0.1, 0.15) is 35.2 Å². The van der Waals surface area contributed by atoms with Crippen molar-refractivity contribution in [3.05, 3.63) is 29.3 Å². The van der Waals surface area contributed by atoms with Gasteiger partial charge in [-0.25, -0.2) is 0 Å². The van der Waals surface area contributed by atoms with Gasteiger partial charge in [-0.1, -0.05) is 0 Å². The predicted octanol–water partition coefficient (Wildman–Crippen LogP) is 2.38. The van der Waals surface area contributed by atoms with Gasteiger partial charge in [-0.2, -0.15) is 0 Å². The van der Waals surface area contributed by atoms with Crippen LogP contribution in [0, 0.1) is 12.8 Å². The Bertz CT molecular complexity index is 493. The summed E-state index contributed by atoms with van der Waals surface area (Å²) in [5.74, 6) is 0.851. The van der Waals surface area contributed by atoms with Crippen molar-refractivity contribution in [1.82, 2.24) is 9.80 Å². The Hall–Kier alpha value is -1.55. The number of aryl methyl sites for hydroxylation is 1. The summed E-state index contributed by atoms with van der Waals surface area (Å²) in [6, 6.07) is 5.49. The Morgan fingerprint density at radius 2 is 2.05 bits per heavy atom. The van der Waals surface area contributed by atoms with Crippen LogP contribution in [-0.2, 0) is 0 Å². The van der Waals surface area contributed by atoms with E-state index in [-0.39, 0.29) is 5.91 Å². The van der Waals surface area contributed by atoms with Gasteiger partial charge in [0.1, 0.15) is 0 Å². The lowest BCUT2D eigenvalue weighted by molar-refractivity contribution is 0.0779. The number of piperidine rings is 1. The van der Waals surface area contributed by atoms with Crippen LogP contribution in [0.15, 0.2) is 18.2 Å². The van der Waals surface area contributed by atoms with Crippen molar-refractivity contribution < 1.29 is 4.79 Å². The lowest BCUT2D eigenvalue weighted by Gasteiger charge is -2.30. The molecule has 21 heavy (non-hydrogen) atoms. The molecule has 1 aliphatic rings. The highest BCUT2D eigenvalue weighted by molar-refractivity contribution is 5.95. The molecule has 1 saturated heterocycles. The summed E-state index contributed by atoms with van der Waals surface area (Å²) in [5.41, 5.74) is 8.16. The van der Waals surface area contributed by atoms with E-state index in [2.05, 4.69) is 11.9 Å². The van der Waals surface area contributed by atoms with Gasteiger partial charge in [0.05, 0.1) is 0 Å². The van der Waals surface area contributed by atoms with Crippen molar-refractivity contribution in [2.75, 3.05) is 39.5 Å². The maximum Gasteiger partial charge on any atom is 0.253 e. The molecule has 4 heteroatoms. The Morgan fingerprint density at radius 3 is 2.67 bits per heavy atom. The molecule has 1 aromatic carbocycles. The zero-order valence-electron chi connectivity index (χ0n) is 13.4. The van der Waals surface area contributed by atoms with E-state index < -0.39 is 0 Å². The van der Waals surface area contributed by atoms with E-state index in [0.717, 1.165) is 30.0 Å². The van der Waals surface area contributed by atoms with Crippen LogP contribution >= 0.6 is 0 Å². The standard InChI is InChI=1S/C17H27N3O/c1-13-12-15(18)4-5-16(13)17(21)20(3)11-8-14-6-9-19(2)10-7-14/h4-5,12,14H,6-11,18H2,1-3H3. The van der Waals surface area contributed by atoms with Gasteiger partial charge in [-0.05, 0) is 76.0 Å². The monoisotopic (exact) mass is 289 g/mol. The van der Waals surface area contributed by atoms with Crippen molar-refractivity contribution in [2.45, 2.75) is 26.2 Å². The Morgan fingerprint density at radius 1 is 1.38 bits per heavy atom.